The summed E-state index contributed by atoms with van der Waals surface area (Å²) in [5.74, 6) is 0.876. The van der Waals surface area contributed by atoms with E-state index in [1.54, 1.807) is 6.92 Å². The second kappa shape index (κ2) is 5.53. The Morgan fingerprint density at radius 1 is 1.29 bits per heavy atom. The number of alkyl halides is 3. The lowest BCUT2D eigenvalue weighted by Gasteiger charge is -2.11. The summed E-state index contributed by atoms with van der Waals surface area (Å²) in [6, 6.07) is 0. The van der Waals surface area contributed by atoms with Crippen LogP contribution in [0.1, 0.15) is 24.7 Å². The van der Waals surface area contributed by atoms with Crippen LogP contribution in [0.3, 0.4) is 0 Å². The van der Waals surface area contributed by atoms with Gasteiger partial charge in [-0.05, 0) is 6.92 Å². The molecule has 0 aliphatic carbocycles. The lowest BCUT2D eigenvalue weighted by Crippen LogP contribution is -2.16. The van der Waals surface area contributed by atoms with Crippen LogP contribution in [0.5, 0.6) is 0 Å². The van der Waals surface area contributed by atoms with Gasteiger partial charge in [0, 0.05) is 18.5 Å². The first-order valence-corrected chi connectivity index (χ1v) is 5.55. The van der Waals surface area contributed by atoms with E-state index in [1.807, 2.05) is 6.92 Å². The molecule has 0 saturated carbocycles. The summed E-state index contributed by atoms with van der Waals surface area (Å²) in [7, 11) is 0. The molecule has 0 fully saturated rings. The molecule has 0 amide bonds. The van der Waals surface area contributed by atoms with Crippen LogP contribution >= 0.6 is 11.6 Å². The highest BCUT2D eigenvalue weighted by Crippen LogP contribution is 2.22. The van der Waals surface area contributed by atoms with Crippen LogP contribution in [-0.4, -0.2) is 22.7 Å². The number of aryl methyl sites for hydroxylation is 1. The quantitative estimate of drug-likeness (QED) is 0.850. The van der Waals surface area contributed by atoms with Crippen LogP contribution < -0.4 is 5.32 Å². The first kappa shape index (κ1) is 14.0. The average Bonchev–Trinajstić information content (AvgIpc) is 2.22. The second-order valence-electron chi connectivity index (χ2n) is 3.55. The molecular formula is C10H13ClF3N3. The van der Waals surface area contributed by atoms with Gasteiger partial charge in [-0.15, -0.1) is 0 Å². The molecule has 3 nitrogen and oxygen atoms in total. The zero-order chi connectivity index (χ0) is 13.1. The molecule has 0 aliphatic heterocycles. The molecule has 1 heterocycles. The number of hydrogen-bond donors (Lipinski definition) is 1. The Hall–Kier alpha value is -1.04. The number of hydrogen-bond acceptors (Lipinski definition) is 3. The van der Waals surface area contributed by atoms with Gasteiger partial charge in [0.25, 0.3) is 0 Å². The van der Waals surface area contributed by atoms with E-state index in [-0.39, 0.29) is 11.7 Å². The fraction of sp³-hybridized carbons (Fsp3) is 0.600. The van der Waals surface area contributed by atoms with Crippen molar-refractivity contribution in [3.05, 3.63) is 16.5 Å². The molecule has 1 rings (SSSR count). The molecule has 0 aromatic carbocycles. The molecule has 0 unspecified atom stereocenters. The van der Waals surface area contributed by atoms with E-state index in [0.29, 0.717) is 23.6 Å². The third-order valence-electron chi connectivity index (χ3n) is 2.15. The van der Waals surface area contributed by atoms with E-state index in [2.05, 4.69) is 15.3 Å². The van der Waals surface area contributed by atoms with Crippen LogP contribution in [0.4, 0.5) is 19.0 Å². The van der Waals surface area contributed by atoms with Crippen LogP contribution in [0, 0.1) is 6.92 Å². The maximum atomic E-state index is 12.0. The number of aromatic nitrogens is 2. The summed E-state index contributed by atoms with van der Waals surface area (Å²) in [6.45, 7) is 3.29. The number of rotatable bonds is 4. The normalized spacial score (nSPS) is 11.6. The first-order valence-electron chi connectivity index (χ1n) is 5.17. The van der Waals surface area contributed by atoms with Gasteiger partial charge in [-0.3, -0.25) is 0 Å². The first-order chi connectivity index (χ1) is 7.83. The highest BCUT2D eigenvalue weighted by atomic mass is 35.5. The van der Waals surface area contributed by atoms with Crippen LogP contribution in [0.25, 0.3) is 0 Å². The number of nitrogens with one attached hydrogen (secondary N) is 1. The van der Waals surface area contributed by atoms with Crippen molar-refractivity contribution in [3.63, 3.8) is 0 Å². The molecule has 1 N–H and O–H groups in total. The van der Waals surface area contributed by atoms with Crippen molar-refractivity contribution in [2.75, 3.05) is 11.9 Å². The third kappa shape index (κ3) is 4.38. The molecule has 0 atom stereocenters. The molecule has 0 radical (unpaired) electrons. The summed E-state index contributed by atoms with van der Waals surface area (Å²) in [4.78, 5) is 8.10. The number of anilines is 1. The summed E-state index contributed by atoms with van der Waals surface area (Å²) in [6.07, 6.45) is -4.51. The Morgan fingerprint density at radius 3 is 2.47 bits per heavy atom. The smallest absolute Gasteiger partial charge is 0.369 e. The minimum atomic E-state index is -4.18. The lowest BCUT2D eigenvalue weighted by molar-refractivity contribution is -0.131. The summed E-state index contributed by atoms with van der Waals surface area (Å²) >= 11 is 5.85. The van der Waals surface area contributed by atoms with Gasteiger partial charge in [-0.1, -0.05) is 18.5 Å². The molecule has 0 aliphatic rings. The summed E-state index contributed by atoms with van der Waals surface area (Å²) in [5.41, 5.74) is 0.561. The number of nitrogens with zero attached hydrogens (tertiary/aromatic N) is 2. The van der Waals surface area contributed by atoms with E-state index in [4.69, 9.17) is 11.6 Å². The average molecular weight is 268 g/mol. The lowest BCUT2D eigenvalue weighted by atomic mass is 10.3. The predicted molar refractivity (Wildman–Crippen MR) is 60.3 cm³/mol. The fourth-order valence-corrected chi connectivity index (χ4v) is 1.37. The van der Waals surface area contributed by atoms with Gasteiger partial charge in [0.1, 0.15) is 16.8 Å². The van der Waals surface area contributed by atoms with Crippen LogP contribution in [0.15, 0.2) is 0 Å². The Bertz CT molecular complexity index is 393. The van der Waals surface area contributed by atoms with Gasteiger partial charge in [-0.2, -0.15) is 13.2 Å². The van der Waals surface area contributed by atoms with Crippen molar-refractivity contribution in [1.82, 2.24) is 9.97 Å². The standard InChI is InChI=1S/C10H13ClF3N3/c1-3-7-16-8(11)6(2)9(17-7)15-5-4-10(12,13)14/h3-5H2,1-2H3,(H,15,16,17). The fourth-order valence-electron chi connectivity index (χ4n) is 1.19. The van der Waals surface area contributed by atoms with Crippen molar-refractivity contribution in [2.45, 2.75) is 32.9 Å². The van der Waals surface area contributed by atoms with Gasteiger partial charge in [0.15, 0.2) is 0 Å². The Kier molecular flexibility index (Phi) is 4.56. The maximum Gasteiger partial charge on any atom is 0.390 e. The van der Waals surface area contributed by atoms with E-state index >= 15 is 0 Å². The molecule has 0 spiro atoms. The summed E-state index contributed by atoms with van der Waals surface area (Å²) < 4.78 is 36.0. The van der Waals surface area contributed by atoms with Crippen LogP contribution in [-0.2, 0) is 6.42 Å². The van der Waals surface area contributed by atoms with Crippen LogP contribution in [0.2, 0.25) is 5.15 Å². The zero-order valence-electron chi connectivity index (χ0n) is 9.53. The molecule has 0 bridgehead atoms. The molecule has 7 heteroatoms. The van der Waals surface area contributed by atoms with E-state index in [1.165, 1.54) is 0 Å². The monoisotopic (exact) mass is 267 g/mol. The van der Waals surface area contributed by atoms with Gasteiger partial charge >= 0.3 is 6.18 Å². The third-order valence-corrected chi connectivity index (χ3v) is 2.52. The number of halogens is 4. The van der Waals surface area contributed by atoms with Crippen molar-refractivity contribution in [3.8, 4) is 0 Å². The highest BCUT2D eigenvalue weighted by Gasteiger charge is 2.26. The van der Waals surface area contributed by atoms with Crippen molar-refractivity contribution >= 4 is 17.4 Å². The molecule has 0 saturated heterocycles. The highest BCUT2D eigenvalue weighted by molar-refractivity contribution is 6.30. The Labute approximate surface area is 102 Å². The van der Waals surface area contributed by atoms with Crippen molar-refractivity contribution < 1.29 is 13.2 Å². The molecule has 96 valence electrons. The minimum absolute atomic E-state index is 0.221. The second-order valence-corrected chi connectivity index (χ2v) is 3.91. The predicted octanol–water partition coefficient (Wildman–Crippen LogP) is 3.37. The topological polar surface area (TPSA) is 37.8 Å². The molecule has 1 aromatic heterocycles. The maximum absolute atomic E-state index is 12.0. The van der Waals surface area contributed by atoms with E-state index < -0.39 is 12.6 Å². The van der Waals surface area contributed by atoms with Crippen molar-refractivity contribution in [1.29, 1.82) is 0 Å². The van der Waals surface area contributed by atoms with Gasteiger partial charge in [-0.25, -0.2) is 9.97 Å². The van der Waals surface area contributed by atoms with Gasteiger partial charge in [0.2, 0.25) is 0 Å². The SMILES string of the molecule is CCc1nc(Cl)c(C)c(NCCC(F)(F)F)n1. The zero-order valence-corrected chi connectivity index (χ0v) is 10.3. The molecular weight excluding hydrogens is 255 g/mol. The van der Waals surface area contributed by atoms with Gasteiger partial charge in [0.05, 0.1) is 6.42 Å². The molecule has 1 aromatic rings. The largest absolute Gasteiger partial charge is 0.390 e. The minimum Gasteiger partial charge on any atom is -0.369 e. The Morgan fingerprint density at radius 2 is 1.94 bits per heavy atom. The Balaban J connectivity index is 2.73. The van der Waals surface area contributed by atoms with E-state index in [0.717, 1.165) is 0 Å². The van der Waals surface area contributed by atoms with Crippen molar-refractivity contribution in [2.24, 2.45) is 0 Å². The van der Waals surface area contributed by atoms with Gasteiger partial charge < -0.3 is 5.32 Å². The summed E-state index contributed by atoms with van der Waals surface area (Å²) in [5, 5.41) is 2.90. The van der Waals surface area contributed by atoms with E-state index in [9.17, 15) is 13.2 Å². The molecule has 17 heavy (non-hydrogen) atoms.